The maximum atomic E-state index is 10.8. The van der Waals surface area contributed by atoms with Crippen LogP contribution in [0.15, 0.2) is 28.8 Å². The van der Waals surface area contributed by atoms with Gasteiger partial charge in [0.25, 0.3) is 0 Å². The van der Waals surface area contributed by atoms with Crippen molar-refractivity contribution in [2.24, 2.45) is 0 Å². The molecule has 0 saturated heterocycles. The van der Waals surface area contributed by atoms with E-state index in [1.807, 2.05) is 31.2 Å². The van der Waals surface area contributed by atoms with Crippen LogP contribution in [0.5, 0.6) is 5.75 Å². The number of methoxy groups -OCH3 is 1. The van der Waals surface area contributed by atoms with Crippen LogP contribution < -0.4 is 4.74 Å². The normalized spacial score (nSPS) is 10.4. The number of carboxylic acid groups (broad SMARTS) is 1. The molecule has 0 saturated carbocycles. The number of halogens is 1. The van der Waals surface area contributed by atoms with Gasteiger partial charge in [-0.1, -0.05) is 12.1 Å². The van der Waals surface area contributed by atoms with Crippen molar-refractivity contribution in [1.82, 2.24) is 15.0 Å². The van der Waals surface area contributed by atoms with Crippen LogP contribution in [0.1, 0.15) is 19.2 Å². The first kappa shape index (κ1) is 18.9. The number of carbonyl (C=O) groups is 1. The maximum absolute atomic E-state index is 10.8. The lowest BCUT2D eigenvalue weighted by atomic mass is 10.2. The quantitative estimate of drug-likeness (QED) is 0.788. The number of hydrogen-bond donors (Lipinski definition) is 1. The molecule has 0 atom stereocenters. The van der Waals surface area contributed by atoms with Crippen LogP contribution in [0.3, 0.4) is 0 Å². The minimum atomic E-state index is -0.872. The highest BCUT2D eigenvalue weighted by atomic mass is 35.5. The van der Waals surface area contributed by atoms with Gasteiger partial charge >= 0.3 is 5.97 Å². The number of ether oxygens (including phenoxy) is 1. The zero-order chi connectivity index (χ0) is 15.9. The summed E-state index contributed by atoms with van der Waals surface area (Å²) >= 11 is 0. The van der Waals surface area contributed by atoms with E-state index < -0.39 is 5.97 Å². The summed E-state index contributed by atoms with van der Waals surface area (Å²) in [5, 5.41) is 12.8. The Morgan fingerprint density at radius 3 is 2.61 bits per heavy atom. The SMILES string of the molecule is CCCN(CC(=O)O)Cc1nc(-c2ccc(OC)cc2)no1.Cl. The number of rotatable bonds is 8. The molecule has 1 aromatic carbocycles. The molecule has 0 aliphatic heterocycles. The third-order valence-electron chi connectivity index (χ3n) is 3.07. The number of nitrogens with zero attached hydrogens (tertiary/aromatic N) is 3. The summed E-state index contributed by atoms with van der Waals surface area (Å²) in [6.07, 6.45) is 0.854. The van der Waals surface area contributed by atoms with Crippen LogP contribution in [-0.4, -0.2) is 46.3 Å². The number of aliphatic carboxylic acids is 1. The first-order chi connectivity index (χ1) is 10.6. The summed E-state index contributed by atoms with van der Waals surface area (Å²) in [4.78, 5) is 16.9. The smallest absolute Gasteiger partial charge is 0.317 e. The van der Waals surface area contributed by atoms with Crippen LogP contribution in [0.2, 0.25) is 0 Å². The van der Waals surface area contributed by atoms with Gasteiger partial charge in [0.15, 0.2) is 0 Å². The molecule has 7 nitrogen and oxygen atoms in total. The first-order valence-electron chi connectivity index (χ1n) is 7.03. The molecule has 23 heavy (non-hydrogen) atoms. The Labute approximate surface area is 140 Å². The molecule has 0 bridgehead atoms. The lowest BCUT2D eigenvalue weighted by Gasteiger charge is -2.16. The molecule has 0 unspecified atom stereocenters. The summed E-state index contributed by atoms with van der Waals surface area (Å²) in [5.74, 6) is 0.760. The van der Waals surface area contributed by atoms with E-state index in [0.29, 0.717) is 24.8 Å². The minimum Gasteiger partial charge on any atom is -0.497 e. The van der Waals surface area contributed by atoms with Crippen LogP contribution in [-0.2, 0) is 11.3 Å². The van der Waals surface area contributed by atoms with E-state index in [1.165, 1.54) is 0 Å². The molecule has 8 heteroatoms. The van der Waals surface area contributed by atoms with Gasteiger partial charge in [-0.15, -0.1) is 12.4 Å². The largest absolute Gasteiger partial charge is 0.497 e. The van der Waals surface area contributed by atoms with Crippen molar-refractivity contribution in [3.63, 3.8) is 0 Å². The number of benzene rings is 1. The average Bonchev–Trinajstić information content (AvgIpc) is 2.95. The van der Waals surface area contributed by atoms with E-state index in [9.17, 15) is 4.79 Å². The molecule has 0 radical (unpaired) electrons. The fourth-order valence-corrected chi connectivity index (χ4v) is 2.09. The summed E-state index contributed by atoms with van der Waals surface area (Å²) in [5.41, 5.74) is 0.816. The van der Waals surface area contributed by atoms with Crippen molar-refractivity contribution in [1.29, 1.82) is 0 Å². The van der Waals surface area contributed by atoms with Crippen molar-refractivity contribution in [2.45, 2.75) is 19.9 Å². The lowest BCUT2D eigenvalue weighted by Crippen LogP contribution is -2.30. The van der Waals surface area contributed by atoms with E-state index in [-0.39, 0.29) is 19.0 Å². The molecule has 0 aliphatic carbocycles. The Bertz CT molecular complexity index is 615. The standard InChI is InChI=1S/C15H19N3O4.ClH/c1-3-8-18(10-14(19)20)9-13-16-15(17-22-13)11-4-6-12(21-2)7-5-11;/h4-7H,3,8-10H2,1-2H3,(H,19,20);1H. The number of carboxylic acids is 1. The van der Waals surface area contributed by atoms with Gasteiger partial charge in [-0.3, -0.25) is 9.69 Å². The molecule has 0 aliphatic rings. The zero-order valence-electron chi connectivity index (χ0n) is 13.1. The van der Waals surface area contributed by atoms with Crippen molar-refractivity contribution in [2.75, 3.05) is 20.2 Å². The van der Waals surface area contributed by atoms with Gasteiger partial charge in [-0.25, -0.2) is 0 Å². The second kappa shape index (κ2) is 9.12. The zero-order valence-corrected chi connectivity index (χ0v) is 13.9. The molecule has 0 spiro atoms. The van der Waals surface area contributed by atoms with Crippen LogP contribution >= 0.6 is 12.4 Å². The summed E-state index contributed by atoms with van der Waals surface area (Å²) < 4.78 is 10.3. The van der Waals surface area contributed by atoms with Crippen molar-refractivity contribution >= 4 is 18.4 Å². The Kier molecular flexibility index (Phi) is 7.50. The Morgan fingerprint density at radius 1 is 1.35 bits per heavy atom. The summed E-state index contributed by atoms with van der Waals surface area (Å²) in [6.45, 7) is 2.93. The van der Waals surface area contributed by atoms with Crippen LogP contribution in [0.25, 0.3) is 11.4 Å². The van der Waals surface area contributed by atoms with Gasteiger partial charge in [-0.05, 0) is 37.2 Å². The molecular formula is C15H20ClN3O4. The van der Waals surface area contributed by atoms with E-state index >= 15 is 0 Å². The van der Waals surface area contributed by atoms with Crippen LogP contribution in [0, 0.1) is 0 Å². The third-order valence-corrected chi connectivity index (χ3v) is 3.07. The van der Waals surface area contributed by atoms with E-state index in [1.54, 1.807) is 12.0 Å². The molecule has 0 amide bonds. The summed E-state index contributed by atoms with van der Waals surface area (Å²) in [7, 11) is 1.60. The molecule has 1 aromatic heterocycles. The van der Waals surface area contributed by atoms with E-state index in [2.05, 4.69) is 10.1 Å². The van der Waals surface area contributed by atoms with Gasteiger partial charge in [-0.2, -0.15) is 4.98 Å². The Morgan fingerprint density at radius 2 is 2.04 bits per heavy atom. The molecule has 1 N–H and O–H groups in total. The molecule has 1 heterocycles. The Hall–Kier alpha value is -2.12. The second-order valence-electron chi connectivity index (χ2n) is 4.84. The van der Waals surface area contributed by atoms with E-state index in [4.69, 9.17) is 14.4 Å². The van der Waals surface area contributed by atoms with Crippen molar-refractivity contribution in [3.8, 4) is 17.1 Å². The third kappa shape index (κ3) is 5.54. The average molecular weight is 342 g/mol. The summed E-state index contributed by atoms with van der Waals surface area (Å²) in [6, 6.07) is 7.32. The molecule has 2 rings (SSSR count). The monoisotopic (exact) mass is 341 g/mol. The van der Waals surface area contributed by atoms with Gasteiger partial charge in [0.1, 0.15) is 5.75 Å². The fourth-order valence-electron chi connectivity index (χ4n) is 2.09. The molecular weight excluding hydrogens is 322 g/mol. The topological polar surface area (TPSA) is 88.7 Å². The van der Waals surface area contributed by atoms with Gasteiger partial charge in [0.2, 0.25) is 11.7 Å². The predicted molar refractivity (Wildman–Crippen MR) is 86.7 cm³/mol. The lowest BCUT2D eigenvalue weighted by molar-refractivity contribution is -0.138. The van der Waals surface area contributed by atoms with Crippen molar-refractivity contribution < 1.29 is 19.2 Å². The predicted octanol–water partition coefficient (Wildman–Crippen LogP) is 2.46. The highest BCUT2D eigenvalue weighted by Crippen LogP contribution is 2.20. The minimum absolute atomic E-state index is 0. The highest BCUT2D eigenvalue weighted by molar-refractivity contribution is 5.85. The Balaban J connectivity index is 0.00000264. The van der Waals surface area contributed by atoms with E-state index in [0.717, 1.165) is 17.7 Å². The highest BCUT2D eigenvalue weighted by Gasteiger charge is 2.15. The van der Waals surface area contributed by atoms with Gasteiger partial charge in [0, 0.05) is 5.56 Å². The van der Waals surface area contributed by atoms with Crippen LogP contribution in [0.4, 0.5) is 0 Å². The fraction of sp³-hybridized carbons (Fsp3) is 0.400. The van der Waals surface area contributed by atoms with Gasteiger partial charge < -0.3 is 14.4 Å². The number of aromatic nitrogens is 2. The van der Waals surface area contributed by atoms with Crippen molar-refractivity contribution in [3.05, 3.63) is 30.2 Å². The molecule has 126 valence electrons. The first-order valence-corrected chi connectivity index (χ1v) is 7.03. The molecule has 0 fully saturated rings. The van der Waals surface area contributed by atoms with Gasteiger partial charge in [0.05, 0.1) is 20.2 Å². The maximum Gasteiger partial charge on any atom is 0.317 e. The molecule has 2 aromatic rings. The second-order valence-corrected chi connectivity index (χ2v) is 4.84. The number of hydrogen-bond acceptors (Lipinski definition) is 6.